The Kier molecular flexibility index (Phi) is 4.13. The highest BCUT2D eigenvalue weighted by atomic mass is 16.3. The Balaban J connectivity index is 2.27. The van der Waals surface area contributed by atoms with E-state index in [9.17, 15) is 4.91 Å². The molecule has 1 atom stereocenters. The van der Waals surface area contributed by atoms with Crippen LogP contribution in [0.5, 0.6) is 0 Å². The molecule has 0 radical (unpaired) electrons. The molecule has 1 fully saturated rings. The molecule has 2 heteroatoms. The van der Waals surface area contributed by atoms with Crippen molar-refractivity contribution in [2.24, 2.45) is 11.1 Å². The first-order valence-electron chi connectivity index (χ1n) is 5.33. The van der Waals surface area contributed by atoms with Crippen molar-refractivity contribution in [2.75, 3.05) is 6.54 Å². The van der Waals surface area contributed by atoms with E-state index in [0.717, 1.165) is 12.3 Å². The van der Waals surface area contributed by atoms with Crippen LogP contribution in [0.4, 0.5) is 0 Å². The average Bonchev–Trinajstić information content (AvgIpc) is 2.88. The van der Waals surface area contributed by atoms with Crippen molar-refractivity contribution in [3.05, 3.63) is 16.1 Å². The Morgan fingerprint density at radius 2 is 2.15 bits per heavy atom. The van der Waals surface area contributed by atoms with Crippen molar-refractivity contribution < 1.29 is 0 Å². The Bertz CT molecular complexity index is 202. The van der Waals surface area contributed by atoms with Gasteiger partial charge < -0.3 is 0 Å². The average molecular weight is 181 g/mol. The molecule has 1 rings (SSSR count). The lowest BCUT2D eigenvalue weighted by Gasteiger charge is -1.98. The predicted molar refractivity (Wildman–Crippen MR) is 55.6 cm³/mol. The van der Waals surface area contributed by atoms with Crippen LogP contribution in [0.15, 0.2) is 16.3 Å². The minimum atomic E-state index is 0.497. The van der Waals surface area contributed by atoms with Gasteiger partial charge in [-0.1, -0.05) is 30.2 Å². The summed E-state index contributed by atoms with van der Waals surface area (Å²) in [6.07, 6.45) is 5.83. The van der Waals surface area contributed by atoms with E-state index in [1.54, 1.807) is 11.1 Å². The summed E-state index contributed by atoms with van der Waals surface area (Å²) >= 11 is 0. The molecule has 0 N–H and O–H groups in total. The molecule has 74 valence electrons. The van der Waals surface area contributed by atoms with Gasteiger partial charge in [-0.2, -0.15) is 4.91 Å². The molecule has 0 bridgehead atoms. The molecular weight excluding hydrogens is 162 g/mol. The maximum absolute atomic E-state index is 9.87. The smallest absolute Gasteiger partial charge is 0.0811 e. The zero-order chi connectivity index (χ0) is 9.68. The maximum atomic E-state index is 9.87. The third kappa shape index (κ3) is 2.94. The highest BCUT2D eigenvalue weighted by Crippen LogP contribution is 2.45. The lowest BCUT2D eigenvalue weighted by Crippen LogP contribution is -1.84. The third-order valence-corrected chi connectivity index (χ3v) is 2.91. The van der Waals surface area contributed by atoms with E-state index in [4.69, 9.17) is 0 Å². The fraction of sp³-hybridized carbons (Fsp3) is 0.818. The van der Waals surface area contributed by atoms with Gasteiger partial charge in [-0.15, -0.1) is 0 Å². The molecule has 0 amide bonds. The van der Waals surface area contributed by atoms with Gasteiger partial charge in [0.2, 0.25) is 0 Å². The Morgan fingerprint density at radius 1 is 1.46 bits per heavy atom. The largest absolute Gasteiger partial charge is 0.151 e. The Morgan fingerprint density at radius 3 is 2.69 bits per heavy atom. The Labute approximate surface area is 80.4 Å². The van der Waals surface area contributed by atoms with Crippen LogP contribution in [0.25, 0.3) is 0 Å². The lowest BCUT2D eigenvalue weighted by molar-refractivity contribution is 0.687. The van der Waals surface area contributed by atoms with Gasteiger partial charge in [0.25, 0.3) is 0 Å². The van der Waals surface area contributed by atoms with Gasteiger partial charge in [0.05, 0.1) is 6.54 Å². The van der Waals surface area contributed by atoms with Crippen LogP contribution in [0.2, 0.25) is 0 Å². The van der Waals surface area contributed by atoms with E-state index < -0.39 is 0 Å². The first-order chi connectivity index (χ1) is 6.33. The molecule has 0 aromatic carbocycles. The number of nitrogens with zero attached hydrogens (tertiary/aromatic N) is 1. The fourth-order valence-corrected chi connectivity index (χ4v) is 2.02. The molecular formula is C11H19NO. The van der Waals surface area contributed by atoms with Crippen LogP contribution in [0.3, 0.4) is 0 Å². The van der Waals surface area contributed by atoms with Crippen molar-refractivity contribution in [3.63, 3.8) is 0 Å². The van der Waals surface area contributed by atoms with Gasteiger partial charge >= 0.3 is 0 Å². The van der Waals surface area contributed by atoms with E-state index >= 15 is 0 Å². The summed E-state index contributed by atoms with van der Waals surface area (Å²) < 4.78 is 0. The van der Waals surface area contributed by atoms with Crippen LogP contribution >= 0.6 is 0 Å². The summed E-state index contributed by atoms with van der Waals surface area (Å²) in [5.41, 5.74) is 3.32. The summed E-state index contributed by atoms with van der Waals surface area (Å²) in [6.45, 7) is 4.96. The van der Waals surface area contributed by atoms with E-state index in [1.165, 1.54) is 25.7 Å². The summed E-state index contributed by atoms with van der Waals surface area (Å²) in [5, 5.41) is 2.88. The number of hydrogen-bond acceptors (Lipinski definition) is 2. The predicted octanol–water partition coefficient (Wildman–Crippen LogP) is 3.67. The van der Waals surface area contributed by atoms with Crippen molar-refractivity contribution >= 4 is 0 Å². The van der Waals surface area contributed by atoms with Crippen LogP contribution < -0.4 is 0 Å². The quantitative estimate of drug-likeness (QED) is 0.349. The van der Waals surface area contributed by atoms with Gasteiger partial charge in [0.15, 0.2) is 0 Å². The first kappa shape index (κ1) is 10.4. The number of allylic oxidation sites excluding steroid dienone is 2. The molecule has 0 aromatic heterocycles. The summed E-state index contributed by atoms with van der Waals surface area (Å²) in [7, 11) is 0. The van der Waals surface area contributed by atoms with Crippen molar-refractivity contribution in [1.82, 2.24) is 0 Å². The first-order valence-corrected chi connectivity index (χ1v) is 5.33. The number of rotatable bonds is 6. The van der Waals surface area contributed by atoms with Gasteiger partial charge in [-0.3, -0.25) is 0 Å². The zero-order valence-electron chi connectivity index (χ0n) is 8.68. The topological polar surface area (TPSA) is 29.4 Å². The van der Waals surface area contributed by atoms with Crippen molar-refractivity contribution in [3.8, 4) is 0 Å². The molecule has 0 heterocycles. The van der Waals surface area contributed by atoms with E-state index in [2.05, 4.69) is 19.0 Å². The fourth-order valence-electron chi connectivity index (χ4n) is 2.02. The molecule has 1 unspecified atom stereocenters. The standard InChI is InChI=1S/C11H19NO/c1-3-9(4-2)11-8-10(11)6-5-7-12-13/h10H,3-8H2,1-2H3. The van der Waals surface area contributed by atoms with Gasteiger partial charge in [-0.25, -0.2) is 0 Å². The van der Waals surface area contributed by atoms with E-state index in [1.807, 2.05) is 0 Å². The van der Waals surface area contributed by atoms with E-state index in [0.29, 0.717) is 6.54 Å². The second-order valence-electron chi connectivity index (χ2n) is 3.73. The summed E-state index contributed by atoms with van der Waals surface area (Å²) in [6, 6.07) is 0. The third-order valence-electron chi connectivity index (χ3n) is 2.91. The molecule has 0 aromatic rings. The highest BCUT2D eigenvalue weighted by Gasteiger charge is 2.30. The molecule has 0 aliphatic heterocycles. The highest BCUT2D eigenvalue weighted by molar-refractivity contribution is 5.29. The van der Waals surface area contributed by atoms with Crippen molar-refractivity contribution in [2.45, 2.75) is 46.0 Å². The van der Waals surface area contributed by atoms with Crippen LogP contribution in [0, 0.1) is 10.8 Å². The van der Waals surface area contributed by atoms with E-state index in [-0.39, 0.29) is 0 Å². The normalized spacial score (nSPS) is 20.2. The van der Waals surface area contributed by atoms with Crippen molar-refractivity contribution in [1.29, 1.82) is 0 Å². The second kappa shape index (κ2) is 5.15. The summed E-state index contributed by atoms with van der Waals surface area (Å²) in [5.74, 6) is 0.802. The van der Waals surface area contributed by atoms with Crippen LogP contribution in [-0.2, 0) is 0 Å². The monoisotopic (exact) mass is 181 g/mol. The molecule has 0 spiro atoms. The van der Waals surface area contributed by atoms with Gasteiger partial charge in [0, 0.05) is 0 Å². The maximum Gasteiger partial charge on any atom is 0.0811 e. The Hall–Kier alpha value is -0.660. The van der Waals surface area contributed by atoms with Crippen LogP contribution in [0.1, 0.15) is 46.0 Å². The molecule has 13 heavy (non-hydrogen) atoms. The van der Waals surface area contributed by atoms with Crippen LogP contribution in [-0.4, -0.2) is 6.54 Å². The summed E-state index contributed by atoms with van der Waals surface area (Å²) in [4.78, 5) is 9.87. The van der Waals surface area contributed by atoms with Gasteiger partial charge in [0.1, 0.15) is 0 Å². The molecule has 1 aliphatic carbocycles. The number of nitroso groups, excluding NO2 is 1. The molecule has 0 saturated heterocycles. The second-order valence-corrected chi connectivity index (χ2v) is 3.73. The zero-order valence-corrected chi connectivity index (χ0v) is 8.68. The molecule has 1 aliphatic rings. The molecule has 2 nitrogen and oxygen atoms in total. The van der Waals surface area contributed by atoms with Gasteiger partial charge in [-0.05, 0) is 38.0 Å². The number of hydrogen-bond donors (Lipinski definition) is 0. The SMILES string of the molecule is CCC(CC)=C1CC1CCCN=O. The minimum Gasteiger partial charge on any atom is -0.151 e. The molecule has 1 saturated carbocycles. The minimum absolute atomic E-state index is 0.497. The lowest BCUT2D eigenvalue weighted by atomic mass is 10.1.